The molecule has 0 spiro atoms. The molecule has 0 aromatic heterocycles. The van der Waals surface area contributed by atoms with Gasteiger partial charge in [-0.2, -0.15) is 0 Å². The highest BCUT2D eigenvalue weighted by atomic mass is 32.2. The molecule has 7 nitrogen and oxygen atoms in total. The van der Waals surface area contributed by atoms with Crippen LogP contribution >= 0.6 is 0 Å². The van der Waals surface area contributed by atoms with Gasteiger partial charge in [0.05, 0.1) is 10.5 Å². The number of sulfonamides is 1. The van der Waals surface area contributed by atoms with Crippen LogP contribution in [-0.2, 0) is 10.0 Å². The summed E-state index contributed by atoms with van der Waals surface area (Å²) in [7, 11) is -0.584. The Balaban J connectivity index is 1.93. The average Bonchev–Trinajstić information content (AvgIpc) is 3.16. The zero-order chi connectivity index (χ0) is 18.7. The van der Waals surface area contributed by atoms with Crippen LogP contribution in [0.3, 0.4) is 0 Å². The normalized spacial score (nSPS) is 19.1. The number of nitrogens with one attached hydrogen (secondary N) is 2. The Hall–Kier alpha value is -1.64. The highest BCUT2D eigenvalue weighted by molar-refractivity contribution is 7.89. The van der Waals surface area contributed by atoms with Gasteiger partial charge >= 0.3 is 0 Å². The van der Waals surface area contributed by atoms with E-state index in [-0.39, 0.29) is 16.8 Å². The van der Waals surface area contributed by atoms with E-state index < -0.39 is 10.0 Å². The quantitative estimate of drug-likeness (QED) is 0.797. The maximum atomic E-state index is 13.0. The molecule has 0 radical (unpaired) electrons. The Morgan fingerprint density at radius 2 is 1.85 bits per heavy atom. The van der Waals surface area contributed by atoms with Gasteiger partial charge in [0.2, 0.25) is 10.0 Å². The van der Waals surface area contributed by atoms with E-state index in [0.29, 0.717) is 5.56 Å². The first-order valence-electron chi connectivity index (χ1n) is 9.22. The summed E-state index contributed by atoms with van der Waals surface area (Å²) in [5.74, 6) is -0.186. The minimum Gasteiger partial charge on any atom is -0.371 e. The van der Waals surface area contributed by atoms with Crippen LogP contribution in [0.2, 0.25) is 0 Å². The van der Waals surface area contributed by atoms with Gasteiger partial charge in [0.25, 0.3) is 5.91 Å². The van der Waals surface area contributed by atoms with Gasteiger partial charge in [-0.15, -0.1) is 0 Å². The highest BCUT2D eigenvalue weighted by Gasteiger charge is 2.26. The van der Waals surface area contributed by atoms with Crippen molar-refractivity contribution in [2.24, 2.45) is 0 Å². The monoisotopic (exact) mass is 380 g/mol. The number of piperidine rings is 1. The Morgan fingerprint density at radius 1 is 1.19 bits per heavy atom. The fraction of sp³-hybridized carbons (Fsp3) is 0.611. The van der Waals surface area contributed by atoms with Crippen molar-refractivity contribution in [2.45, 2.75) is 36.6 Å². The molecular weight excluding hydrogens is 352 g/mol. The minimum absolute atomic E-state index is 0.129. The third-order valence-corrected chi connectivity index (χ3v) is 6.92. The lowest BCUT2D eigenvalue weighted by molar-refractivity contribution is 0.0930. The molecule has 3 rings (SSSR count). The van der Waals surface area contributed by atoms with Gasteiger partial charge in [-0.25, -0.2) is 12.7 Å². The van der Waals surface area contributed by atoms with Crippen molar-refractivity contribution in [1.29, 1.82) is 0 Å². The second kappa shape index (κ2) is 7.94. The molecule has 26 heavy (non-hydrogen) atoms. The zero-order valence-corrected chi connectivity index (χ0v) is 16.3. The van der Waals surface area contributed by atoms with Crippen molar-refractivity contribution >= 4 is 21.6 Å². The van der Waals surface area contributed by atoms with Crippen LogP contribution in [0, 0.1) is 0 Å². The summed E-state index contributed by atoms with van der Waals surface area (Å²) in [6.07, 6.45) is 3.96. The summed E-state index contributed by atoms with van der Waals surface area (Å²) >= 11 is 0. The topological polar surface area (TPSA) is 81.8 Å². The largest absolute Gasteiger partial charge is 0.371 e. The van der Waals surface area contributed by atoms with Gasteiger partial charge in [-0.3, -0.25) is 4.79 Å². The third-order valence-electron chi connectivity index (χ3n) is 5.11. The molecule has 1 aromatic rings. The Bertz CT molecular complexity index is 752. The van der Waals surface area contributed by atoms with Crippen LogP contribution in [-0.4, -0.2) is 64.9 Å². The first-order chi connectivity index (χ1) is 12.4. The molecule has 0 aliphatic carbocycles. The lowest BCUT2D eigenvalue weighted by atomic mass is 10.1. The SMILES string of the molecule is CN(C)S(=O)(=O)c1ccc(N2CCCC2)c(C(=O)NC2CCNCC2)c1. The lowest BCUT2D eigenvalue weighted by Crippen LogP contribution is -2.43. The van der Waals surface area contributed by atoms with Crippen molar-refractivity contribution in [3.63, 3.8) is 0 Å². The number of amides is 1. The molecule has 0 atom stereocenters. The molecule has 2 N–H and O–H groups in total. The standard InChI is InChI=1S/C18H28N4O3S/c1-21(2)26(24,25)15-5-6-17(22-11-3-4-12-22)16(13-15)18(23)20-14-7-9-19-10-8-14/h5-6,13-14,19H,3-4,7-12H2,1-2H3,(H,20,23). The van der Waals surface area contributed by atoms with Gasteiger partial charge < -0.3 is 15.5 Å². The summed E-state index contributed by atoms with van der Waals surface area (Å²) in [4.78, 5) is 15.3. The molecule has 8 heteroatoms. The minimum atomic E-state index is -3.58. The van der Waals surface area contributed by atoms with Crippen LogP contribution < -0.4 is 15.5 Å². The number of carbonyl (C=O) groups is 1. The third kappa shape index (κ3) is 4.02. The Morgan fingerprint density at radius 3 is 2.46 bits per heavy atom. The van der Waals surface area contributed by atoms with Crippen molar-refractivity contribution in [3.8, 4) is 0 Å². The average molecular weight is 381 g/mol. The highest BCUT2D eigenvalue weighted by Crippen LogP contribution is 2.28. The maximum Gasteiger partial charge on any atom is 0.253 e. The molecular formula is C18H28N4O3S. The van der Waals surface area contributed by atoms with E-state index in [1.165, 1.54) is 24.5 Å². The molecule has 0 bridgehead atoms. The molecule has 1 amide bonds. The predicted molar refractivity (Wildman–Crippen MR) is 102 cm³/mol. The number of benzene rings is 1. The molecule has 0 saturated carbocycles. The first kappa shape index (κ1) is 19.1. The second-order valence-corrected chi connectivity index (χ2v) is 9.31. The Kier molecular flexibility index (Phi) is 5.84. The molecule has 1 aromatic carbocycles. The smallest absolute Gasteiger partial charge is 0.253 e. The van der Waals surface area contributed by atoms with E-state index >= 15 is 0 Å². The molecule has 0 unspecified atom stereocenters. The number of hydrogen-bond donors (Lipinski definition) is 2. The number of nitrogens with zero attached hydrogens (tertiary/aromatic N) is 2. The number of hydrogen-bond acceptors (Lipinski definition) is 5. The summed E-state index contributed by atoms with van der Waals surface area (Å²) in [5, 5.41) is 6.37. The maximum absolute atomic E-state index is 13.0. The summed E-state index contributed by atoms with van der Waals surface area (Å²) in [5.41, 5.74) is 1.28. The number of carbonyl (C=O) groups excluding carboxylic acids is 1. The Labute approximate surface area is 155 Å². The molecule has 2 aliphatic rings. The van der Waals surface area contributed by atoms with Crippen molar-refractivity contribution in [1.82, 2.24) is 14.9 Å². The second-order valence-electron chi connectivity index (χ2n) is 7.16. The van der Waals surface area contributed by atoms with Crippen molar-refractivity contribution < 1.29 is 13.2 Å². The fourth-order valence-corrected chi connectivity index (χ4v) is 4.46. The molecule has 2 fully saturated rings. The summed E-state index contributed by atoms with van der Waals surface area (Å²) < 4.78 is 26.2. The van der Waals surface area contributed by atoms with Crippen molar-refractivity contribution in [3.05, 3.63) is 23.8 Å². The van der Waals surface area contributed by atoms with Gasteiger partial charge in [0.1, 0.15) is 0 Å². The van der Waals surface area contributed by atoms with Gasteiger partial charge in [0, 0.05) is 38.9 Å². The molecule has 144 valence electrons. The summed E-state index contributed by atoms with van der Waals surface area (Å²) in [6, 6.07) is 5.03. The van der Waals surface area contributed by atoms with Crippen LogP contribution in [0.15, 0.2) is 23.1 Å². The zero-order valence-electron chi connectivity index (χ0n) is 15.5. The summed E-state index contributed by atoms with van der Waals surface area (Å²) in [6.45, 7) is 3.57. The predicted octanol–water partition coefficient (Wildman–Crippen LogP) is 1.02. The van der Waals surface area contributed by atoms with Crippen LogP contribution in [0.4, 0.5) is 5.69 Å². The van der Waals surface area contributed by atoms with E-state index in [1.54, 1.807) is 12.1 Å². The van der Waals surface area contributed by atoms with E-state index in [0.717, 1.165) is 57.5 Å². The molecule has 2 heterocycles. The van der Waals surface area contributed by atoms with Crippen LogP contribution in [0.1, 0.15) is 36.0 Å². The number of anilines is 1. The van der Waals surface area contributed by atoms with E-state index in [2.05, 4.69) is 15.5 Å². The van der Waals surface area contributed by atoms with Crippen molar-refractivity contribution in [2.75, 3.05) is 45.2 Å². The van der Waals surface area contributed by atoms with Gasteiger partial charge in [0.15, 0.2) is 0 Å². The molecule has 2 aliphatic heterocycles. The molecule has 2 saturated heterocycles. The van der Waals surface area contributed by atoms with E-state index in [9.17, 15) is 13.2 Å². The number of rotatable bonds is 5. The lowest BCUT2D eigenvalue weighted by Gasteiger charge is -2.26. The van der Waals surface area contributed by atoms with Crippen LogP contribution in [0.25, 0.3) is 0 Å². The van der Waals surface area contributed by atoms with E-state index in [1.807, 2.05) is 0 Å². The van der Waals surface area contributed by atoms with Gasteiger partial charge in [-0.05, 0) is 57.0 Å². The first-order valence-corrected chi connectivity index (χ1v) is 10.7. The van der Waals surface area contributed by atoms with E-state index in [4.69, 9.17) is 0 Å². The fourth-order valence-electron chi connectivity index (χ4n) is 3.53. The van der Waals surface area contributed by atoms with Crippen LogP contribution in [0.5, 0.6) is 0 Å². The van der Waals surface area contributed by atoms with Gasteiger partial charge in [-0.1, -0.05) is 0 Å².